The molecule has 1 aromatic rings. The zero-order valence-corrected chi connectivity index (χ0v) is 12.9. The van der Waals surface area contributed by atoms with Gasteiger partial charge >= 0.3 is 0 Å². The van der Waals surface area contributed by atoms with Crippen molar-refractivity contribution in [2.24, 2.45) is 5.92 Å². The third kappa shape index (κ3) is 3.38. The van der Waals surface area contributed by atoms with Gasteiger partial charge in [0.1, 0.15) is 5.82 Å². The second kappa shape index (κ2) is 7.05. The molecule has 22 heavy (non-hydrogen) atoms. The molecule has 2 amide bonds. The first kappa shape index (κ1) is 16.7. The second-order valence-corrected chi connectivity index (χ2v) is 5.67. The summed E-state index contributed by atoms with van der Waals surface area (Å²) in [6.07, 6.45) is 0.273. The van der Waals surface area contributed by atoms with Gasteiger partial charge in [-0.05, 0) is 24.1 Å². The number of hydrogen-bond acceptors (Lipinski definition) is 2. The summed E-state index contributed by atoms with van der Waals surface area (Å²) in [5, 5.41) is 2.60. The smallest absolute Gasteiger partial charge is 0.226 e. The quantitative estimate of drug-likeness (QED) is 0.843. The highest BCUT2D eigenvalue weighted by molar-refractivity contribution is 6.30. The molecule has 120 valence electrons. The van der Waals surface area contributed by atoms with Gasteiger partial charge in [-0.3, -0.25) is 14.0 Å². The van der Waals surface area contributed by atoms with Gasteiger partial charge in [0.25, 0.3) is 0 Å². The first-order valence-corrected chi connectivity index (χ1v) is 7.37. The van der Waals surface area contributed by atoms with Gasteiger partial charge in [0.2, 0.25) is 11.8 Å². The number of halogens is 3. The maximum atomic E-state index is 13.7. The lowest BCUT2D eigenvalue weighted by Crippen LogP contribution is -2.35. The highest BCUT2D eigenvalue weighted by Crippen LogP contribution is 2.38. The molecule has 0 radical (unpaired) electrons. The molecule has 0 aliphatic carbocycles. The van der Waals surface area contributed by atoms with Crippen LogP contribution in [0, 0.1) is 11.7 Å². The highest BCUT2D eigenvalue weighted by atomic mass is 35.5. The van der Waals surface area contributed by atoms with Crippen LogP contribution >= 0.6 is 11.6 Å². The molecular weight excluding hydrogens is 314 g/mol. The maximum absolute atomic E-state index is 13.7. The van der Waals surface area contributed by atoms with Crippen molar-refractivity contribution in [1.82, 2.24) is 10.2 Å². The van der Waals surface area contributed by atoms with Crippen molar-refractivity contribution < 1.29 is 18.4 Å². The number of nitrogens with zero attached hydrogens (tertiary/aromatic N) is 1. The lowest BCUT2D eigenvalue weighted by molar-refractivity contribution is -0.128. The predicted octanol–water partition coefficient (Wildman–Crippen LogP) is 2.47. The fourth-order valence-electron chi connectivity index (χ4n) is 2.67. The molecule has 1 N–H and O–H groups in total. The van der Waals surface area contributed by atoms with E-state index in [0.29, 0.717) is 5.56 Å². The Labute approximate surface area is 132 Å². The molecule has 1 heterocycles. The molecule has 7 heteroatoms. The number of alkyl halides is 1. The van der Waals surface area contributed by atoms with Crippen molar-refractivity contribution in [1.29, 1.82) is 0 Å². The minimum absolute atomic E-state index is 0.0142. The maximum Gasteiger partial charge on any atom is 0.226 e. The monoisotopic (exact) mass is 330 g/mol. The van der Waals surface area contributed by atoms with Gasteiger partial charge in [-0.2, -0.15) is 0 Å². The van der Waals surface area contributed by atoms with Gasteiger partial charge in [0, 0.05) is 20.0 Å². The minimum Gasteiger partial charge on any atom is -0.356 e. The van der Waals surface area contributed by atoms with Crippen LogP contribution in [0.15, 0.2) is 18.2 Å². The van der Waals surface area contributed by atoms with E-state index in [-0.39, 0.29) is 36.2 Å². The summed E-state index contributed by atoms with van der Waals surface area (Å²) in [6.45, 7) is -0.305. The van der Waals surface area contributed by atoms with E-state index >= 15 is 0 Å². The Morgan fingerprint density at radius 2 is 2.23 bits per heavy atom. The number of carbonyl (C=O) groups is 2. The standard InChI is InChI=1S/C15H17ClF2N2O2/c1-20-13(21)8-10(15(22)19-6-2-5-17)14(20)9-3-4-11(16)12(18)7-9/h3-4,7,10,14H,2,5-6,8H2,1H3,(H,19,22)/t10-,14+/m0/s1. The first-order valence-electron chi connectivity index (χ1n) is 7.00. The molecule has 0 bridgehead atoms. The van der Waals surface area contributed by atoms with E-state index in [1.807, 2.05) is 0 Å². The fraction of sp³-hybridized carbons (Fsp3) is 0.467. The Kier molecular flexibility index (Phi) is 5.34. The Bertz CT molecular complexity index is 583. The molecule has 0 unspecified atom stereocenters. The molecule has 1 fully saturated rings. The SMILES string of the molecule is CN1C(=O)C[C@H](C(=O)NCCCF)[C@H]1c1ccc(Cl)c(F)c1. The minimum atomic E-state index is -0.627. The highest BCUT2D eigenvalue weighted by Gasteiger charge is 2.42. The van der Waals surface area contributed by atoms with Gasteiger partial charge in [-0.25, -0.2) is 4.39 Å². The summed E-state index contributed by atoms with van der Waals surface area (Å²) in [7, 11) is 1.58. The van der Waals surface area contributed by atoms with E-state index < -0.39 is 24.5 Å². The Morgan fingerprint density at radius 1 is 1.50 bits per heavy atom. The summed E-state index contributed by atoms with van der Waals surface area (Å²) in [6, 6.07) is 3.70. The summed E-state index contributed by atoms with van der Waals surface area (Å²) in [4.78, 5) is 25.6. The van der Waals surface area contributed by atoms with Crippen LogP contribution in [0.25, 0.3) is 0 Å². The van der Waals surface area contributed by atoms with Crippen LogP contribution in [0.4, 0.5) is 8.78 Å². The number of hydrogen-bond donors (Lipinski definition) is 1. The van der Waals surface area contributed by atoms with Crippen LogP contribution in [-0.2, 0) is 9.59 Å². The molecule has 1 saturated heterocycles. The van der Waals surface area contributed by atoms with Crippen molar-refractivity contribution in [2.45, 2.75) is 18.9 Å². The molecule has 4 nitrogen and oxygen atoms in total. The average molecular weight is 331 g/mol. The first-order chi connectivity index (χ1) is 10.5. The molecule has 2 atom stereocenters. The molecule has 1 aliphatic rings. The summed E-state index contributed by atoms with van der Waals surface area (Å²) >= 11 is 5.67. The third-order valence-corrected chi connectivity index (χ3v) is 4.12. The van der Waals surface area contributed by atoms with E-state index in [1.165, 1.54) is 17.0 Å². The summed E-state index contributed by atoms with van der Waals surface area (Å²) < 4.78 is 25.8. The molecule has 0 saturated carbocycles. The van der Waals surface area contributed by atoms with Gasteiger partial charge in [-0.15, -0.1) is 0 Å². The molecule has 2 rings (SSSR count). The number of benzene rings is 1. The Morgan fingerprint density at radius 3 is 2.86 bits per heavy atom. The molecule has 0 spiro atoms. The number of rotatable bonds is 5. The van der Waals surface area contributed by atoms with Gasteiger partial charge in [0.15, 0.2) is 0 Å². The molecule has 1 aromatic carbocycles. The summed E-state index contributed by atoms with van der Waals surface area (Å²) in [5.74, 6) is -1.74. The van der Waals surface area contributed by atoms with Crippen molar-refractivity contribution in [3.05, 3.63) is 34.6 Å². The van der Waals surface area contributed by atoms with Gasteiger partial charge in [0.05, 0.1) is 23.7 Å². The molecule has 1 aliphatic heterocycles. The molecule has 0 aromatic heterocycles. The second-order valence-electron chi connectivity index (χ2n) is 5.27. The van der Waals surface area contributed by atoms with Crippen LogP contribution < -0.4 is 5.32 Å². The van der Waals surface area contributed by atoms with Crippen LogP contribution in [0.5, 0.6) is 0 Å². The fourth-order valence-corrected chi connectivity index (χ4v) is 2.78. The van der Waals surface area contributed by atoms with Gasteiger partial charge < -0.3 is 10.2 Å². The zero-order chi connectivity index (χ0) is 16.3. The Balaban J connectivity index is 2.22. The van der Waals surface area contributed by atoms with Crippen molar-refractivity contribution >= 4 is 23.4 Å². The van der Waals surface area contributed by atoms with Crippen LogP contribution in [0.3, 0.4) is 0 Å². The van der Waals surface area contributed by atoms with E-state index in [9.17, 15) is 18.4 Å². The average Bonchev–Trinajstić information content (AvgIpc) is 2.78. The van der Waals surface area contributed by atoms with Crippen molar-refractivity contribution in [2.75, 3.05) is 20.3 Å². The summed E-state index contributed by atoms with van der Waals surface area (Å²) in [5.41, 5.74) is 0.515. The molecular formula is C15H17ClF2N2O2. The number of amides is 2. The van der Waals surface area contributed by atoms with E-state index in [0.717, 1.165) is 0 Å². The lowest BCUT2D eigenvalue weighted by atomic mass is 9.93. The third-order valence-electron chi connectivity index (χ3n) is 3.82. The number of carbonyl (C=O) groups excluding carboxylic acids is 2. The zero-order valence-electron chi connectivity index (χ0n) is 12.1. The lowest BCUT2D eigenvalue weighted by Gasteiger charge is -2.25. The number of likely N-dealkylation sites (tertiary alicyclic amines) is 1. The Hall–Kier alpha value is -1.69. The van der Waals surface area contributed by atoms with Gasteiger partial charge in [-0.1, -0.05) is 17.7 Å². The van der Waals surface area contributed by atoms with Crippen molar-refractivity contribution in [3.63, 3.8) is 0 Å². The largest absolute Gasteiger partial charge is 0.356 e. The topological polar surface area (TPSA) is 49.4 Å². The van der Waals surface area contributed by atoms with Crippen LogP contribution in [-0.4, -0.2) is 37.0 Å². The van der Waals surface area contributed by atoms with Crippen molar-refractivity contribution in [3.8, 4) is 0 Å². The normalized spacial score (nSPS) is 21.3. The predicted molar refractivity (Wildman–Crippen MR) is 78.6 cm³/mol. The van der Waals surface area contributed by atoms with E-state index in [2.05, 4.69) is 5.32 Å². The van der Waals surface area contributed by atoms with Crippen LogP contribution in [0.1, 0.15) is 24.4 Å². The van der Waals surface area contributed by atoms with E-state index in [1.54, 1.807) is 13.1 Å². The number of nitrogens with one attached hydrogen (secondary N) is 1. The van der Waals surface area contributed by atoms with Crippen LogP contribution in [0.2, 0.25) is 5.02 Å². The van der Waals surface area contributed by atoms with E-state index in [4.69, 9.17) is 11.6 Å².